The Kier molecular flexibility index (Phi) is 3.96. The van der Waals surface area contributed by atoms with Crippen LogP contribution in [0.4, 0.5) is 11.4 Å². The van der Waals surface area contributed by atoms with Gasteiger partial charge in [-0.2, -0.15) is 5.26 Å². The number of nitrogens with zero attached hydrogens (tertiary/aromatic N) is 2. The summed E-state index contributed by atoms with van der Waals surface area (Å²) in [6.45, 7) is 0.714. The van der Waals surface area contributed by atoms with Crippen molar-refractivity contribution in [2.24, 2.45) is 5.41 Å². The second-order valence-corrected chi connectivity index (χ2v) is 4.57. The highest BCUT2D eigenvalue weighted by Crippen LogP contribution is 2.31. The first kappa shape index (κ1) is 14.0. The molecule has 0 saturated carbocycles. The number of ether oxygens (including phenoxy) is 1. The Balaban J connectivity index is 2.16. The summed E-state index contributed by atoms with van der Waals surface area (Å²) in [5.74, 6) is -0.441. The molecular weight excluding hydrogens is 262 g/mol. The van der Waals surface area contributed by atoms with E-state index in [1.807, 2.05) is 6.07 Å². The molecule has 104 valence electrons. The van der Waals surface area contributed by atoms with E-state index in [4.69, 9.17) is 4.74 Å². The highest BCUT2D eigenvalue weighted by Gasteiger charge is 2.40. The molecule has 2 rings (SSSR count). The number of nitrogens with one attached hydrogen (secondary N) is 1. The Morgan fingerprint density at radius 3 is 2.75 bits per heavy atom. The number of hydrogen-bond donors (Lipinski definition) is 1. The molecule has 1 N–H and O–H groups in total. The van der Waals surface area contributed by atoms with Gasteiger partial charge in [0.15, 0.2) is 0 Å². The van der Waals surface area contributed by atoms with E-state index >= 15 is 0 Å². The Morgan fingerprint density at radius 1 is 1.45 bits per heavy atom. The van der Waals surface area contributed by atoms with E-state index < -0.39 is 16.2 Å². The third kappa shape index (κ3) is 2.75. The van der Waals surface area contributed by atoms with Crippen LogP contribution in [-0.4, -0.2) is 24.0 Å². The highest BCUT2D eigenvalue weighted by molar-refractivity contribution is 5.97. The average molecular weight is 275 g/mol. The van der Waals surface area contributed by atoms with Gasteiger partial charge in [0, 0.05) is 31.0 Å². The summed E-state index contributed by atoms with van der Waals surface area (Å²) in [7, 11) is 0. The summed E-state index contributed by atoms with van der Waals surface area (Å²) < 4.78 is 5.16. The van der Waals surface area contributed by atoms with Crippen molar-refractivity contribution >= 4 is 17.3 Å². The SMILES string of the molecule is N#CC1(C(=O)Nc2cccc([N+](=O)[O-])c2)CCOCC1. The van der Waals surface area contributed by atoms with E-state index in [9.17, 15) is 20.2 Å². The van der Waals surface area contributed by atoms with Crippen molar-refractivity contribution in [2.45, 2.75) is 12.8 Å². The van der Waals surface area contributed by atoms with Gasteiger partial charge in [0.25, 0.3) is 5.69 Å². The first-order chi connectivity index (χ1) is 9.57. The van der Waals surface area contributed by atoms with Gasteiger partial charge in [0.05, 0.1) is 11.0 Å². The van der Waals surface area contributed by atoms with Crippen LogP contribution < -0.4 is 5.32 Å². The van der Waals surface area contributed by atoms with Gasteiger partial charge in [-0.15, -0.1) is 0 Å². The van der Waals surface area contributed by atoms with Gasteiger partial charge < -0.3 is 10.1 Å². The minimum Gasteiger partial charge on any atom is -0.381 e. The smallest absolute Gasteiger partial charge is 0.271 e. The first-order valence-electron chi connectivity index (χ1n) is 6.12. The number of hydrogen-bond acceptors (Lipinski definition) is 5. The maximum atomic E-state index is 12.2. The molecule has 0 bridgehead atoms. The molecular formula is C13H13N3O4. The number of anilines is 1. The van der Waals surface area contributed by atoms with Gasteiger partial charge in [-0.3, -0.25) is 14.9 Å². The van der Waals surface area contributed by atoms with Crippen molar-refractivity contribution in [3.8, 4) is 6.07 Å². The van der Waals surface area contributed by atoms with Gasteiger partial charge in [0.2, 0.25) is 5.91 Å². The van der Waals surface area contributed by atoms with Crippen LogP contribution in [0, 0.1) is 26.9 Å². The molecule has 1 aliphatic rings. The molecule has 7 heteroatoms. The normalized spacial score (nSPS) is 16.9. The fourth-order valence-electron chi connectivity index (χ4n) is 2.06. The Bertz CT molecular complexity index is 573. The molecule has 0 atom stereocenters. The van der Waals surface area contributed by atoms with Crippen molar-refractivity contribution in [2.75, 3.05) is 18.5 Å². The zero-order chi connectivity index (χ0) is 14.6. The predicted molar refractivity (Wildman–Crippen MR) is 69.8 cm³/mol. The standard InChI is InChI=1S/C13H13N3O4/c14-9-13(4-6-20-7-5-13)12(17)15-10-2-1-3-11(8-10)16(18)19/h1-3,8H,4-7H2,(H,15,17). The summed E-state index contributed by atoms with van der Waals surface area (Å²) >= 11 is 0. The van der Waals surface area contributed by atoms with Gasteiger partial charge >= 0.3 is 0 Å². The molecule has 1 saturated heterocycles. The molecule has 0 aliphatic carbocycles. The van der Waals surface area contributed by atoms with Crippen LogP contribution in [0.5, 0.6) is 0 Å². The lowest BCUT2D eigenvalue weighted by Crippen LogP contribution is -2.39. The molecule has 1 aromatic rings. The second kappa shape index (κ2) is 5.67. The second-order valence-electron chi connectivity index (χ2n) is 4.57. The quantitative estimate of drug-likeness (QED) is 0.669. The highest BCUT2D eigenvalue weighted by atomic mass is 16.6. The minimum atomic E-state index is -1.12. The van der Waals surface area contributed by atoms with E-state index in [1.54, 1.807) is 6.07 Å². The first-order valence-corrected chi connectivity index (χ1v) is 6.12. The zero-order valence-electron chi connectivity index (χ0n) is 10.7. The molecule has 0 aromatic heterocycles. The van der Waals surface area contributed by atoms with E-state index in [0.29, 0.717) is 31.7 Å². The van der Waals surface area contributed by atoms with E-state index in [-0.39, 0.29) is 5.69 Å². The largest absolute Gasteiger partial charge is 0.381 e. The van der Waals surface area contributed by atoms with Crippen molar-refractivity contribution in [1.29, 1.82) is 5.26 Å². The predicted octanol–water partition coefficient (Wildman–Crippen LogP) is 1.85. The zero-order valence-corrected chi connectivity index (χ0v) is 10.7. The summed E-state index contributed by atoms with van der Waals surface area (Å²) in [4.78, 5) is 22.4. The monoisotopic (exact) mass is 275 g/mol. The fourth-order valence-corrected chi connectivity index (χ4v) is 2.06. The average Bonchev–Trinajstić information content (AvgIpc) is 2.48. The van der Waals surface area contributed by atoms with Crippen LogP contribution in [0.1, 0.15) is 12.8 Å². The van der Waals surface area contributed by atoms with Gasteiger partial charge in [0.1, 0.15) is 5.41 Å². The summed E-state index contributed by atoms with van der Waals surface area (Å²) in [6.07, 6.45) is 0.647. The number of rotatable bonds is 3. The van der Waals surface area contributed by atoms with E-state index in [2.05, 4.69) is 5.32 Å². The van der Waals surface area contributed by atoms with Crippen molar-refractivity contribution in [3.63, 3.8) is 0 Å². The van der Waals surface area contributed by atoms with E-state index in [0.717, 1.165) is 0 Å². The van der Waals surface area contributed by atoms with Crippen molar-refractivity contribution in [3.05, 3.63) is 34.4 Å². The lowest BCUT2D eigenvalue weighted by atomic mass is 9.81. The Hall–Kier alpha value is -2.46. The topological polar surface area (TPSA) is 105 Å². The maximum Gasteiger partial charge on any atom is 0.271 e. The van der Waals surface area contributed by atoms with E-state index in [1.165, 1.54) is 18.2 Å². The number of nitro groups is 1. The van der Waals surface area contributed by atoms with Crippen LogP contribution in [0.2, 0.25) is 0 Å². The van der Waals surface area contributed by atoms with Crippen LogP contribution in [0.25, 0.3) is 0 Å². The molecule has 1 aromatic carbocycles. The number of non-ortho nitro benzene ring substituents is 1. The number of benzene rings is 1. The summed E-state index contributed by atoms with van der Waals surface area (Å²) in [5.41, 5.74) is -0.922. The van der Waals surface area contributed by atoms with Crippen LogP contribution in [0.15, 0.2) is 24.3 Å². The lowest BCUT2D eigenvalue weighted by molar-refractivity contribution is -0.384. The van der Waals surface area contributed by atoms with Gasteiger partial charge in [-0.1, -0.05) is 6.07 Å². The lowest BCUT2D eigenvalue weighted by Gasteiger charge is -2.29. The van der Waals surface area contributed by atoms with Crippen molar-refractivity contribution in [1.82, 2.24) is 0 Å². The summed E-state index contributed by atoms with van der Waals surface area (Å²) in [6, 6.07) is 7.69. The number of carbonyl (C=O) groups is 1. The number of nitro benzene ring substituents is 1. The van der Waals surface area contributed by atoms with Crippen LogP contribution >= 0.6 is 0 Å². The maximum absolute atomic E-state index is 12.2. The molecule has 1 aliphatic heterocycles. The molecule has 1 heterocycles. The molecule has 20 heavy (non-hydrogen) atoms. The van der Waals surface area contributed by atoms with Crippen LogP contribution in [0.3, 0.4) is 0 Å². The minimum absolute atomic E-state index is 0.110. The third-order valence-corrected chi connectivity index (χ3v) is 3.31. The van der Waals surface area contributed by atoms with Gasteiger partial charge in [-0.05, 0) is 18.9 Å². The molecule has 1 amide bonds. The Labute approximate surface area is 115 Å². The third-order valence-electron chi connectivity index (χ3n) is 3.31. The Morgan fingerprint density at radius 2 is 2.15 bits per heavy atom. The number of amides is 1. The van der Waals surface area contributed by atoms with Crippen molar-refractivity contribution < 1.29 is 14.5 Å². The molecule has 1 fully saturated rings. The molecule has 0 spiro atoms. The number of nitriles is 1. The molecule has 0 radical (unpaired) electrons. The van der Waals surface area contributed by atoms with Gasteiger partial charge in [-0.25, -0.2) is 0 Å². The summed E-state index contributed by atoms with van der Waals surface area (Å²) in [5, 5.41) is 22.5. The van der Waals surface area contributed by atoms with Crippen LogP contribution in [-0.2, 0) is 9.53 Å². The number of carbonyl (C=O) groups excluding carboxylic acids is 1. The molecule has 7 nitrogen and oxygen atoms in total. The molecule has 0 unspecified atom stereocenters. The fraction of sp³-hybridized carbons (Fsp3) is 0.385.